The molecule has 0 saturated carbocycles. The summed E-state index contributed by atoms with van der Waals surface area (Å²) in [5.41, 5.74) is 0.676. The van der Waals surface area contributed by atoms with Gasteiger partial charge in [-0.3, -0.25) is 9.36 Å². The first-order chi connectivity index (χ1) is 6.81. The molecule has 70 valence electrons. The molecule has 1 aromatic heterocycles. The summed E-state index contributed by atoms with van der Waals surface area (Å²) < 4.78 is 14.7. The highest BCUT2D eigenvalue weighted by Gasteiger charge is 2.04. The minimum absolute atomic E-state index is 0.264. The van der Waals surface area contributed by atoms with Crippen LogP contribution in [0, 0.1) is 5.82 Å². The number of nitrogens with zero attached hydrogens (tertiary/aromatic N) is 3. The molecule has 0 saturated heterocycles. The number of carbonyl (C=O) groups is 1. The number of carbonyl (C=O) groups excluding carboxylic acids is 1. The van der Waals surface area contributed by atoms with Crippen molar-refractivity contribution in [1.29, 1.82) is 0 Å². The van der Waals surface area contributed by atoms with Gasteiger partial charge in [0.05, 0.1) is 5.69 Å². The van der Waals surface area contributed by atoms with E-state index in [9.17, 15) is 9.18 Å². The van der Waals surface area contributed by atoms with Gasteiger partial charge in [0.1, 0.15) is 24.8 Å². The van der Waals surface area contributed by atoms with Crippen molar-refractivity contribution in [3.8, 4) is 5.69 Å². The second kappa shape index (κ2) is 3.37. The van der Waals surface area contributed by atoms with Crippen molar-refractivity contribution in [2.45, 2.75) is 0 Å². The molecule has 0 spiro atoms. The fourth-order valence-corrected chi connectivity index (χ4v) is 1.13. The Labute approximate surface area is 79.0 Å². The van der Waals surface area contributed by atoms with Crippen LogP contribution < -0.4 is 0 Å². The van der Waals surface area contributed by atoms with Crippen molar-refractivity contribution in [1.82, 2.24) is 14.8 Å². The maximum Gasteiger partial charge on any atom is 0.150 e. The summed E-state index contributed by atoms with van der Waals surface area (Å²) in [6, 6.07) is 4.08. The Bertz CT molecular complexity index is 453. The lowest BCUT2D eigenvalue weighted by molar-refractivity contribution is 0.112. The second-order valence-electron chi connectivity index (χ2n) is 2.70. The van der Waals surface area contributed by atoms with Crippen LogP contribution in [0.1, 0.15) is 10.4 Å². The van der Waals surface area contributed by atoms with E-state index < -0.39 is 5.82 Å². The SMILES string of the molecule is O=Cc1ccc(F)c(-n2cnnc2)c1. The first-order valence-electron chi connectivity index (χ1n) is 3.91. The molecule has 14 heavy (non-hydrogen) atoms. The van der Waals surface area contributed by atoms with Crippen LogP contribution in [0.5, 0.6) is 0 Å². The van der Waals surface area contributed by atoms with E-state index in [1.807, 2.05) is 0 Å². The molecule has 0 fully saturated rings. The molecule has 2 rings (SSSR count). The van der Waals surface area contributed by atoms with Gasteiger partial charge in [0, 0.05) is 5.56 Å². The van der Waals surface area contributed by atoms with Crippen LogP contribution in [0.4, 0.5) is 4.39 Å². The quantitative estimate of drug-likeness (QED) is 0.670. The summed E-state index contributed by atoms with van der Waals surface area (Å²) in [6.07, 6.45) is 3.40. The summed E-state index contributed by atoms with van der Waals surface area (Å²) >= 11 is 0. The van der Waals surface area contributed by atoms with Crippen molar-refractivity contribution < 1.29 is 9.18 Å². The third kappa shape index (κ3) is 1.39. The van der Waals surface area contributed by atoms with Crippen LogP contribution in [-0.4, -0.2) is 21.1 Å². The molecular weight excluding hydrogens is 185 g/mol. The molecule has 1 heterocycles. The van der Waals surface area contributed by atoms with Gasteiger partial charge < -0.3 is 0 Å². The first-order valence-corrected chi connectivity index (χ1v) is 3.91. The fourth-order valence-electron chi connectivity index (χ4n) is 1.13. The molecule has 0 unspecified atom stereocenters. The zero-order chi connectivity index (χ0) is 9.97. The highest BCUT2D eigenvalue weighted by atomic mass is 19.1. The van der Waals surface area contributed by atoms with Gasteiger partial charge in [-0.25, -0.2) is 4.39 Å². The molecule has 0 amide bonds. The number of benzene rings is 1. The number of aromatic nitrogens is 3. The highest BCUT2D eigenvalue weighted by molar-refractivity contribution is 5.75. The number of halogens is 1. The van der Waals surface area contributed by atoms with Crippen molar-refractivity contribution in [3.63, 3.8) is 0 Å². The molecule has 0 radical (unpaired) electrons. The van der Waals surface area contributed by atoms with E-state index in [1.54, 1.807) is 0 Å². The van der Waals surface area contributed by atoms with E-state index in [0.29, 0.717) is 11.8 Å². The van der Waals surface area contributed by atoms with Gasteiger partial charge in [-0.1, -0.05) is 0 Å². The van der Waals surface area contributed by atoms with Gasteiger partial charge in [-0.05, 0) is 18.2 Å². The molecular formula is C9H6FN3O. The van der Waals surface area contributed by atoms with Gasteiger partial charge in [-0.2, -0.15) is 0 Å². The summed E-state index contributed by atoms with van der Waals surface area (Å²) in [4.78, 5) is 10.5. The molecule has 1 aromatic carbocycles. The molecule has 4 nitrogen and oxygen atoms in total. The summed E-state index contributed by atoms with van der Waals surface area (Å²) in [6.45, 7) is 0. The van der Waals surface area contributed by atoms with Crippen LogP contribution in [-0.2, 0) is 0 Å². The predicted octanol–water partition coefficient (Wildman–Crippen LogP) is 1.22. The zero-order valence-electron chi connectivity index (χ0n) is 7.09. The fraction of sp³-hybridized carbons (Fsp3) is 0. The Balaban J connectivity index is 2.57. The first kappa shape index (κ1) is 8.55. The number of rotatable bonds is 2. The lowest BCUT2D eigenvalue weighted by Gasteiger charge is -2.02. The van der Waals surface area contributed by atoms with Crippen LogP contribution >= 0.6 is 0 Å². The maximum atomic E-state index is 13.3. The minimum Gasteiger partial charge on any atom is -0.298 e. The maximum absolute atomic E-state index is 13.3. The number of hydrogen-bond acceptors (Lipinski definition) is 3. The van der Waals surface area contributed by atoms with E-state index in [1.165, 1.54) is 35.4 Å². The Hall–Kier alpha value is -2.04. The van der Waals surface area contributed by atoms with Crippen LogP contribution in [0.25, 0.3) is 5.69 Å². The third-order valence-electron chi connectivity index (χ3n) is 1.80. The lowest BCUT2D eigenvalue weighted by atomic mass is 10.2. The van der Waals surface area contributed by atoms with Gasteiger partial charge in [0.15, 0.2) is 0 Å². The Kier molecular flexibility index (Phi) is 2.06. The van der Waals surface area contributed by atoms with E-state index in [-0.39, 0.29) is 5.69 Å². The molecule has 0 aliphatic heterocycles. The molecule has 5 heteroatoms. The average molecular weight is 191 g/mol. The number of aldehydes is 1. The van der Waals surface area contributed by atoms with Gasteiger partial charge in [-0.15, -0.1) is 10.2 Å². The van der Waals surface area contributed by atoms with Gasteiger partial charge in [0.2, 0.25) is 0 Å². The second-order valence-corrected chi connectivity index (χ2v) is 2.70. The van der Waals surface area contributed by atoms with Crippen LogP contribution in [0.15, 0.2) is 30.9 Å². The minimum atomic E-state index is -0.421. The Morgan fingerprint density at radius 3 is 2.64 bits per heavy atom. The average Bonchev–Trinajstić information content (AvgIpc) is 2.71. The smallest absolute Gasteiger partial charge is 0.150 e. The molecule has 0 N–H and O–H groups in total. The molecule has 0 atom stereocenters. The van der Waals surface area contributed by atoms with E-state index in [4.69, 9.17) is 0 Å². The molecule has 2 aromatic rings. The van der Waals surface area contributed by atoms with Gasteiger partial charge >= 0.3 is 0 Å². The standard InChI is InChI=1S/C9H6FN3O/c10-8-2-1-7(4-14)3-9(8)13-5-11-12-6-13/h1-6H. The van der Waals surface area contributed by atoms with Crippen molar-refractivity contribution in [2.24, 2.45) is 0 Å². The molecule has 0 bridgehead atoms. The van der Waals surface area contributed by atoms with Crippen molar-refractivity contribution in [3.05, 3.63) is 42.2 Å². The Morgan fingerprint density at radius 1 is 1.29 bits per heavy atom. The van der Waals surface area contributed by atoms with E-state index >= 15 is 0 Å². The largest absolute Gasteiger partial charge is 0.298 e. The van der Waals surface area contributed by atoms with E-state index in [0.717, 1.165) is 0 Å². The normalized spacial score (nSPS) is 10.1. The van der Waals surface area contributed by atoms with E-state index in [2.05, 4.69) is 10.2 Å². The van der Waals surface area contributed by atoms with Crippen LogP contribution in [0.3, 0.4) is 0 Å². The summed E-state index contributed by atoms with van der Waals surface area (Å²) in [7, 11) is 0. The van der Waals surface area contributed by atoms with Crippen molar-refractivity contribution >= 4 is 6.29 Å². The molecule has 0 aliphatic carbocycles. The van der Waals surface area contributed by atoms with Crippen molar-refractivity contribution in [2.75, 3.05) is 0 Å². The zero-order valence-corrected chi connectivity index (χ0v) is 7.09. The Morgan fingerprint density at radius 2 is 2.00 bits per heavy atom. The van der Waals surface area contributed by atoms with Crippen LogP contribution in [0.2, 0.25) is 0 Å². The summed E-state index contributed by atoms with van der Waals surface area (Å²) in [5, 5.41) is 7.11. The lowest BCUT2D eigenvalue weighted by Crippen LogP contribution is -1.96. The number of hydrogen-bond donors (Lipinski definition) is 0. The predicted molar refractivity (Wildman–Crippen MR) is 46.7 cm³/mol. The van der Waals surface area contributed by atoms with Gasteiger partial charge in [0.25, 0.3) is 0 Å². The summed E-state index contributed by atoms with van der Waals surface area (Å²) in [5.74, 6) is -0.421. The third-order valence-corrected chi connectivity index (χ3v) is 1.80. The molecule has 0 aliphatic rings. The monoisotopic (exact) mass is 191 g/mol. The topological polar surface area (TPSA) is 47.8 Å². The highest BCUT2D eigenvalue weighted by Crippen LogP contribution is 2.13.